The van der Waals surface area contributed by atoms with E-state index in [1.54, 1.807) is 6.08 Å². The number of aliphatic carboxylic acids is 1. The summed E-state index contributed by atoms with van der Waals surface area (Å²) in [4.78, 5) is 10.5. The van der Waals surface area contributed by atoms with Gasteiger partial charge in [0.15, 0.2) is 0 Å². The number of hydrogen-bond acceptors (Lipinski definition) is 4. The molecule has 4 N–H and O–H groups in total. The van der Waals surface area contributed by atoms with Crippen LogP contribution >= 0.6 is 0 Å². The molecule has 142 valence electrons. The molecule has 1 aliphatic rings. The highest BCUT2D eigenvalue weighted by Crippen LogP contribution is 2.36. The molecule has 0 aliphatic heterocycles. The summed E-state index contributed by atoms with van der Waals surface area (Å²) in [5.74, 6) is -1.05. The summed E-state index contributed by atoms with van der Waals surface area (Å²) in [7, 11) is 0. The molecular weight excluding hydrogens is 320 g/mol. The van der Waals surface area contributed by atoms with Crippen molar-refractivity contribution in [1.29, 1.82) is 0 Å². The maximum absolute atomic E-state index is 10.5. The molecule has 0 aromatic heterocycles. The van der Waals surface area contributed by atoms with Crippen molar-refractivity contribution in [3.05, 3.63) is 36.5 Å². The molecule has 0 amide bonds. The molecule has 5 nitrogen and oxygen atoms in total. The van der Waals surface area contributed by atoms with Crippen molar-refractivity contribution in [2.24, 2.45) is 11.8 Å². The Balaban J connectivity index is 2.50. The third-order valence-corrected chi connectivity index (χ3v) is 4.59. The average Bonchev–Trinajstić information content (AvgIpc) is 2.82. The predicted molar refractivity (Wildman–Crippen MR) is 98.0 cm³/mol. The van der Waals surface area contributed by atoms with Crippen LogP contribution in [0.1, 0.15) is 51.9 Å². The van der Waals surface area contributed by atoms with Gasteiger partial charge < -0.3 is 20.4 Å². The first-order valence-corrected chi connectivity index (χ1v) is 9.20. The van der Waals surface area contributed by atoms with Crippen LogP contribution in [0.3, 0.4) is 0 Å². The number of aliphatic hydroxyl groups is 3. The lowest BCUT2D eigenvalue weighted by molar-refractivity contribution is -0.137. The summed E-state index contributed by atoms with van der Waals surface area (Å²) in [5.41, 5.74) is 0. The van der Waals surface area contributed by atoms with Crippen molar-refractivity contribution in [3.63, 3.8) is 0 Å². The highest BCUT2D eigenvalue weighted by molar-refractivity contribution is 5.66. The maximum Gasteiger partial charge on any atom is 0.303 e. The second-order valence-corrected chi connectivity index (χ2v) is 6.67. The normalized spacial score (nSPS) is 28.5. The highest BCUT2D eigenvalue weighted by atomic mass is 16.4. The fourth-order valence-electron chi connectivity index (χ4n) is 3.19. The van der Waals surface area contributed by atoms with E-state index in [1.807, 2.05) is 37.3 Å². The summed E-state index contributed by atoms with van der Waals surface area (Å²) < 4.78 is 0. The number of carboxylic acid groups (broad SMARTS) is 1. The van der Waals surface area contributed by atoms with Crippen LogP contribution in [0.15, 0.2) is 36.5 Å². The van der Waals surface area contributed by atoms with E-state index in [9.17, 15) is 20.1 Å². The standard InChI is InChI=1S/C20H32O5/c1-2-3-6-9-15(21)12-13-17-16(18(22)14-19(17)23)10-7-4-5-8-11-20(24)25/h3-4,6-7,12-13,15-19,21-23H,2,5,8-11,14H2,1H3,(H,24,25)/b6-3-,7-4-,13-12+/t15-,16+,17-,18-,19+/m1/s1. The fourth-order valence-corrected chi connectivity index (χ4v) is 3.19. The predicted octanol–water partition coefficient (Wildman–Crippen LogP) is 2.82. The van der Waals surface area contributed by atoms with Crippen molar-refractivity contribution in [2.45, 2.75) is 70.2 Å². The number of hydrogen-bond donors (Lipinski definition) is 4. The molecule has 25 heavy (non-hydrogen) atoms. The molecule has 0 aromatic rings. The number of carbonyl (C=O) groups is 1. The molecule has 0 bridgehead atoms. The molecule has 5 atom stereocenters. The van der Waals surface area contributed by atoms with Gasteiger partial charge in [-0.15, -0.1) is 0 Å². The van der Waals surface area contributed by atoms with Crippen LogP contribution in [0.4, 0.5) is 0 Å². The Kier molecular flexibility index (Phi) is 10.4. The van der Waals surface area contributed by atoms with Crippen molar-refractivity contribution in [2.75, 3.05) is 0 Å². The Morgan fingerprint density at radius 3 is 2.60 bits per heavy atom. The van der Waals surface area contributed by atoms with Crippen LogP contribution in [-0.4, -0.2) is 44.7 Å². The van der Waals surface area contributed by atoms with Crippen LogP contribution < -0.4 is 0 Å². The van der Waals surface area contributed by atoms with Gasteiger partial charge in [0.1, 0.15) is 0 Å². The molecule has 1 rings (SSSR count). The summed E-state index contributed by atoms with van der Waals surface area (Å²) in [6, 6.07) is 0. The van der Waals surface area contributed by atoms with Crippen molar-refractivity contribution >= 4 is 5.97 Å². The molecule has 0 saturated heterocycles. The molecule has 1 aliphatic carbocycles. The number of rotatable bonds is 11. The zero-order chi connectivity index (χ0) is 18.7. The molecule has 1 fully saturated rings. The van der Waals surface area contributed by atoms with Crippen molar-refractivity contribution < 1.29 is 25.2 Å². The van der Waals surface area contributed by atoms with Crippen LogP contribution in [0, 0.1) is 11.8 Å². The quantitative estimate of drug-likeness (QED) is 0.339. The van der Waals surface area contributed by atoms with Crippen LogP contribution in [0.2, 0.25) is 0 Å². The molecular formula is C20H32O5. The van der Waals surface area contributed by atoms with E-state index in [0.717, 1.165) is 6.42 Å². The molecule has 0 spiro atoms. The minimum Gasteiger partial charge on any atom is -0.481 e. The zero-order valence-corrected chi connectivity index (χ0v) is 15.0. The van der Waals surface area contributed by atoms with Crippen LogP contribution in [0.5, 0.6) is 0 Å². The fraction of sp³-hybridized carbons (Fsp3) is 0.650. The van der Waals surface area contributed by atoms with Gasteiger partial charge in [-0.25, -0.2) is 0 Å². The smallest absolute Gasteiger partial charge is 0.303 e. The minimum absolute atomic E-state index is 0.0830. The Hall–Kier alpha value is -1.43. The van der Waals surface area contributed by atoms with Gasteiger partial charge in [0.25, 0.3) is 0 Å². The number of aliphatic hydroxyl groups excluding tert-OH is 3. The Bertz CT molecular complexity index is 469. The molecule has 0 radical (unpaired) electrons. The Morgan fingerprint density at radius 2 is 1.92 bits per heavy atom. The zero-order valence-electron chi connectivity index (χ0n) is 15.0. The Labute approximate surface area is 150 Å². The molecule has 0 heterocycles. The van der Waals surface area contributed by atoms with E-state index in [2.05, 4.69) is 0 Å². The van der Waals surface area contributed by atoms with Crippen molar-refractivity contribution in [3.8, 4) is 0 Å². The maximum atomic E-state index is 10.5. The average molecular weight is 352 g/mol. The van der Waals surface area contributed by atoms with Crippen LogP contribution in [-0.2, 0) is 4.79 Å². The second-order valence-electron chi connectivity index (χ2n) is 6.67. The lowest BCUT2D eigenvalue weighted by Gasteiger charge is -2.19. The molecule has 0 unspecified atom stereocenters. The van der Waals surface area contributed by atoms with E-state index in [0.29, 0.717) is 32.1 Å². The Morgan fingerprint density at radius 1 is 1.16 bits per heavy atom. The van der Waals surface area contributed by atoms with E-state index >= 15 is 0 Å². The van der Waals surface area contributed by atoms with Gasteiger partial charge in [-0.1, -0.05) is 43.4 Å². The van der Waals surface area contributed by atoms with Crippen molar-refractivity contribution in [1.82, 2.24) is 0 Å². The molecule has 0 aromatic carbocycles. The SMILES string of the molecule is CC/C=C\C[C@@H](O)/C=C/[C@@H]1[C@H](C/C=C\CCCC(=O)O)[C@H](O)C[C@@H]1O. The summed E-state index contributed by atoms with van der Waals surface area (Å²) in [6.45, 7) is 2.04. The van der Waals surface area contributed by atoms with Crippen LogP contribution in [0.25, 0.3) is 0 Å². The monoisotopic (exact) mass is 352 g/mol. The van der Waals surface area contributed by atoms with Gasteiger partial charge in [0.2, 0.25) is 0 Å². The van der Waals surface area contributed by atoms with E-state index in [1.165, 1.54) is 0 Å². The lowest BCUT2D eigenvalue weighted by atomic mass is 9.89. The lowest BCUT2D eigenvalue weighted by Crippen LogP contribution is -2.20. The van der Waals surface area contributed by atoms with Gasteiger partial charge in [0.05, 0.1) is 18.3 Å². The van der Waals surface area contributed by atoms with E-state index in [4.69, 9.17) is 5.11 Å². The summed E-state index contributed by atoms with van der Waals surface area (Å²) >= 11 is 0. The minimum atomic E-state index is -0.791. The summed E-state index contributed by atoms with van der Waals surface area (Å²) in [6.07, 6.45) is 13.5. The number of carboxylic acids is 1. The van der Waals surface area contributed by atoms with Gasteiger partial charge in [0, 0.05) is 18.8 Å². The second kappa shape index (κ2) is 12.0. The first kappa shape index (κ1) is 21.6. The third-order valence-electron chi connectivity index (χ3n) is 4.59. The molecule has 1 saturated carbocycles. The first-order valence-electron chi connectivity index (χ1n) is 9.20. The van der Waals surface area contributed by atoms with Gasteiger partial charge >= 0.3 is 5.97 Å². The number of allylic oxidation sites excluding steroid dienone is 3. The van der Waals surface area contributed by atoms with E-state index in [-0.39, 0.29) is 18.3 Å². The molecule has 5 heteroatoms. The largest absolute Gasteiger partial charge is 0.481 e. The topological polar surface area (TPSA) is 98.0 Å². The van der Waals surface area contributed by atoms with Gasteiger partial charge in [-0.3, -0.25) is 4.79 Å². The summed E-state index contributed by atoms with van der Waals surface area (Å²) in [5, 5.41) is 38.9. The van der Waals surface area contributed by atoms with Gasteiger partial charge in [-0.2, -0.15) is 0 Å². The first-order chi connectivity index (χ1) is 12.0. The number of unbranched alkanes of at least 4 members (excludes halogenated alkanes) is 1. The third kappa shape index (κ3) is 8.47. The van der Waals surface area contributed by atoms with Gasteiger partial charge in [-0.05, 0) is 38.0 Å². The highest BCUT2D eigenvalue weighted by Gasteiger charge is 2.39. The van der Waals surface area contributed by atoms with E-state index < -0.39 is 24.3 Å².